The van der Waals surface area contributed by atoms with Crippen molar-refractivity contribution in [3.8, 4) is 0 Å². The van der Waals surface area contributed by atoms with Gasteiger partial charge in [0.15, 0.2) is 0 Å². The van der Waals surface area contributed by atoms with Crippen molar-refractivity contribution in [2.24, 2.45) is 0 Å². The van der Waals surface area contributed by atoms with Gasteiger partial charge in [-0.25, -0.2) is 0 Å². The van der Waals surface area contributed by atoms with Crippen molar-refractivity contribution in [2.75, 3.05) is 0 Å². The van der Waals surface area contributed by atoms with Crippen LogP contribution in [0, 0.1) is 0 Å². The highest BCUT2D eigenvalue weighted by Gasteiger charge is 2.10. The van der Waals surface area contributed by atoms with Gasteiger partial charge in [-0.15, -0.1) is 11.3 Å². The van der Waals surface area contributed by atoms with Crippen LogP contribution in [-0.2, 0) is 25.7 Å². The number of aryl methyl sites for hydroxylation is 4. The Morgan fingerprint density at radius 1 is 0.536 bits per heavy atom. The zero-order chi connectivity index (χ0) is 22.8. The zero-order valence-electron chi connectivity index (χ0n) is 21.4. The number of hydrogen-bond acceptors (Lipinski definition) is 2. The quantitative estimate of drug-likeness (QED) is 0.391. The first-order valence-electron chi connectivity index (χ1n) is 12.0. The molecule has 0 N–H and O–H groups in total. The molecule has 2 aliphatic rings. The molecule has 0 aromatic carbocycles. The number of fused-ring (bicyclic) bond motifs is 2. The molecule has 0 fully saturated rings. The molecule has 0 nitrogen and oxygen atoms in total. The lowest BCUT2D eigenvalue weighted by atomic mass is 10.2. The number of hydrogen-bond donors (Lipinski definition) is 0. The molecule has 4 rings (SSSR count). The van der Waals surface area contributed by atoms with Gasteiger partial charge < -0.3 is 0 Å². The minimum Gasteiger partial charge on any atom is -0.152 e. The maximum atomic E-state index is 2.28. The van der Waals surface area contributed by atoms with Crippen molar-refractivity contribution in [2.45, 2.75) is 122 Å². The third-order valence-electron chi connectivity index (χ3n) is 3.41. The Hall–Kier alpha value is -0.600. The van der Waals surface area contributed by atoms with Gasteiger partial charge in [0.2, 0.25) is 0 Å². The maximum Gasteiger partial charge on any atom is 0.00773 e. The summed E-state index contributed by atoms with van der Waals surface area (Å²) >= 11 is 3.75. The summed E-state index contributed by atoms with van der Waals surface area (Å²) in [5.41, 5.74) is 4.82. The van der Waals surface area contributed by atoms with E-state index in [0.717, 1.165) is 0 Å². The molecule has 2 heteroatoms. The first-order valence-corrected chi connectivity index (χ1v) is 13.8. The van der Waals surface area contributed by atoms with Gasteiger partial charge in [0, 0.05) is 4.88 Å². The van der Waals surface area contributed by atoms with Crippen LogP contribution in [0.5, 0.6) is 0 Å². The van der Waals surface area contributed by atoms with E-state index in [0.29, 0.717) is 0 Å². The highest BCUT2D eigenvalue weighted by molar-refractivity contribution is 7.10. The van der Waals surface area contributed by atoms with Crippen molar-refractivity contribution in [1.29, 1.82) is 0 Å². The van der Waals surface area contributed by atoms with Crippen LogP contribution < -0.4 is 0 Å². The molecule has 0 saturated carbocycles. The average molecular weight is 429 g/mol. The Bertz CT molecular complexity index is 385. The van der Waals surface area contributed by atoms with E-state index in [4.69, 9.17) is 0 Å². The van der Waals surface area contributed by atoms with Crippen LogP contribution in [-0.4, -0.2) is 0 Å². The maximum absolute atomic E-state index is 2.28. The Labute approximate surface area is 187 Å². The lowest BCUT2D eigenvalue weighted by molar-refractivity contribution is 0.911. The molecule has 2 aliphatic carbocycles. The van der Waals surface area contributed by atoms with E-state index in [-0.39, 0.29) is 0 Å². The molecule has 0 saturated heterocycles. The van der Waals surface area contributed by atoms with Crippen LogP contribution in [0.25, 0.3) is 0 Å². The fourth-order valence-electron chi connectivity index (χ4n) is 2.51. The fraction of sp³-hybridized carbons (Fsp3) is 0.692. The Morgan fingerprint density at radius 3 is 1.36 bits per heavy atom. The molecule has 0 aliphatic heterocycles. The van der Waals surface area contributed by atoms with E-state index in [9.17, 15) is 0 Å². The lowest BCUT2D eigenvalue weighted by Gasteiger charge is -1.79. The van der Waals surface area contributed by atoms with Gasteiger partial charge in [0.25, 0.3) is 0 Å². The van der Waals surface area contributed by atoms with Crippen LogP contribution in [0.4, 0.5) is 0 Å². The van der Waals surface area contributed by atoms with E-state index >= 15 is 0 Å². The van der Waals surface area contributed by atoms with Crippen molar-refractivity contribution < 1.29 is 0 Å². The summed E-state index contributed by atoms with van der Waals surface area (Å²) in [5, 5.41) is 6.76. The largest absolute Gasteiger partial charge is 0.152 e. The molecule has 2 heterocycles. The zero-order valence-corrected chi connectivity index (χ0v) is 23.0. The van der Waals surface area contributed by atoms with Crippen LogP contribution in [0.1, 0.15) is 117 Å². The van der Waals surface area contributed by atoms with Crippen LogP contribution in [0.2, 0.25) is 0 Å². The average Bonchev–Trinajstić information content (AvgIpc) is 3.59. The minimum absolute atomic E-state index is 1.33. The third-order valence-corrected chi connectivity index (χ3v) is 5.28. The molecule has 0 atom stereocenters. The highest BCUT2D eigenvalue weighted by atomic mass is 32.1. The smallest absolute Gasteiger partial charge is 0.00773 e. The number of rotatable bonds is 0. The summed E-state index contributed by atoms with van der Waals surface area (Å²) < 4.78 is 0. The van der Waals surface area contributed by atoms with Gasteiger partial charge in [-0.1, -0.05) is 83.1 Å². The molecule has 28 heavy (non-hydrogen) atoms. The monoisotopic (exact) mass is 428 g/mol. The Balaban J connectivity index is -0.000000136. The molecule has 0 bridgehead atoms. The number of thiophene rings is 2. The van der Waals surface area contributed by atoms with E-state index in [1.54, 1.807) is 21.6 Å². The molecule has 0 radical (unpaired) electrons. The molecule has 0 unspecified atom stereocenters. The second-order valence-corrected chi connectivity index (χ2v) is 6.24. The summed E-state index contributed by atoms with van der Waals surface area (Å²) in [4.78, 5) is 1.63. The molecule has 0 spiro atoms. The topological polar surface area (TPSA) is 0 Å². The summed E-state index contributed by atoms with van der Waals surface area (Å²) in [5.74, 6) is 0. The predicted octanol–water partition coefficient (Wildman–Crippen LogP) is 10.6. The summed E-state index contributed by atoms with van der Waals surface area (Å²) in [6.45, 7) is 24.0. The Kier molecular flexibility index (Phi) is 38.7. The second-order valence-electron chi connectivity index (χ2n) is 4.50. The van der Waals surface area contributed by atoms with Crippen molar-refractivity contribution in [3.63, 3.8) is 0 Å². The third kappa shape index (κ3) is 15.3. The first-order chi connectivity index (χ1) is 13.9. The van der Waals surface area contributed by atoms with E-state index in [1.807, 2.05) is 106 Å². The first kappa shape index (κ1) is 34.9. The summed E-state index contributed by atoms with van der Waals surface area (Å²) in [6.07, 6.45) is 8.11. The SMILES string of the molecule is CC.CC.CC.CC.CC.CC.c1cc2c(s1)CCC2.c1scc2c1CCC2. The van der Waals surface area contributed by atoms with Gasteiger partial charge in [-0.3, -0.25) is 0 Å². The molecular formula is C26H52S2. The molecule has 168 valence electrons. The fourth-order valence-corrected chi connectivity index (χ4v) is 4.42. The van der Waals surface area contributed by atoms with E-state index in [2.05, 4.69) is 22.2 Å². The van der Waals surface area contributed by atoms with E-state index in [1.165, 1.54) is 38.5 Å². The molecular weight excluding hydrogens is 376 g/mol. The van der Waals surface area contributed by atoms with Gasteiger partial charge in [-0.2, -0.15) is 11.3 Å². The minimum atomic E-state index is 1.33. The van der Waals surface area contributed by atoms with Gasteiger partial charge in [-0.05, 0) is 77.4 Å². The van der Waals surface area contributed by atoms with Crippen LogP contribution in [0.3, 0.4) is 0 Å². The van der Waals surface area contributed by atoms with Gasteiger partial charge >= 0.3 is 0 Å². The standard InChI is InChI=1S/2C7H8S.6C2H6/c1-2-6-4-8-5-7(6)3-1;1-2-6-4-5-8-7(6)3-1;6*1-2/h2*4-5H,1-3H2;6*1-2H3. The Morgan fingerprint density at radius 2 is 0.929 bits per heavy atom. The van der Waals surface area contributed by atoms with Crippen molar-refractivity contribution >= 4 is 22.7 Å². The second kappa shape index (κ2) is 31.1. The molecule has 2 aromatic rings. The van der Waals surface area contributed by atoms with Crippen molar-refractivity contribution in [1.82, 2.24) is 0 Å². The molecule has 2 aromatic heterocycles. The lowest BCUT2D eigenvalue weighted by Crippen LogP contribution is -1.66. The van der Waals surface area contributed by atoms with Crippen molar-refractivity contribution in [3.05, 3.63) is 43.8 Å². The van der Waals surface area contributed by atoms with E-state index < -0.39 is 0 Å². The predicted molar refractivity (Wildman–Crippen MR) is 141 cm³/mol. The molecule has 0 amide bonds. The summed E-state index contributed by atoms with van der Waals surface area (Å²) in [6, 6.07) is 2.26. The van der Waals surface area contributed by atoms with Crippen LogP contribution in [0.15, 0.2) is 22.2 Å². The highest BCUT2D eigenvalue weighted by Crippen LogP contribution is 2.26. The van der Waals surface area contributed by atoms with Gasteiger partial charge in [0.05, 0.1) is 0 Å². The van der Waals surface area contributed by atoms with Crippen LogP contribution >= 0.6 is 22.7 Å². The van der Waals surface area contributed by atoms with Gasteiger partial charge in [0.1, 0.15) is 0 Å². The normalized spacial score (nSPS) is 10.7. The summed E-state index contributed by atoms with van der Waals surface area (Å²) in [7, 11) is 0.